The quantitative estimate of drug-likeness (QED) is 0.656. The highest BCUT2D eigenvalue weighted by Crippen LogP contribution is 2.35. The molecule has 0 amide bonds. The minimum absolute atomic E-state index is 0.188. The first-order valence-electron chi connectivity index (χ1n) is 7.38. The third kappa shape index (κ3) is 4.21. The number of halogens is 1. The topological polar surface area (TPSA) is 12.5 Å². The summed E-state index contributed by atoms with van der Waals surface area (Å²) < 4.78 is 5.63. The molecular weight excluding hydrogens is 290 g/mol. The van der Waals surface area contributed by atoms with Crippen LogP contribution in [0.15, 0.2) is 0 Å². The summed E-state index contributed by atoms with van der Waals surface area (Å²) in [4.78, 5) is 2.64. The summed E-state index contributed by atoms with van der Waals surface area (Å²) in [6.07, 6.45) is 5.19. The first kappa shape index (κ1) is 16.5. The van der Waals surface area contributed by atoms with Gasteiger partial charge < -0.3 is 4.74 Å². The molecule has 0 aromatic carbocycles. The van der Waals surface area contributed by atoms with Gasteiger partial charge in [0.1, 0.15) is 0 Å². The van der Waals surface area contributed by atoms with Crippen molar-refractivity contribution in [2.24, 2.45) is 5.41 Å². The van der Waals surface area contributed by atoms with E-state index < -0.39 is 0 Å². The lowest BCUT2D eigenvalue weighted by Crippen LogP contribution is -2.56. The Morgan fingerprint density at radius 3 is 2.28 bits per heavy atom. The number of hydrogen-bond acceptors (Lipinski definition) is 2. The number of hydrogen-bond donors (Lipinski definition) is 0. The van der Waals surface area contributed by atoms with Crippen molar-refractivity contribution in [2.45, 2.75) is 58.9 Å². The van der Waals surface area contributed by atoms with E-state index in [0.717, 1.165) is 25.1 Å². The summed E-state index contributed by atoms with van der Waals surface area (Å²) in [7, 11) is 0. The molecule has 0 N–H and O–H groups in total. The number of rotatable bonds is 7. The molecule has 18 heavy (non-hydrogen) atoms. The summed E-state index contributed by atoms with van der Waals surface area (Å²) in [6, 6.07) is 0. The molecule has 3 heteroatoms. The van der Waals surface area contributed by atoms with Crippen LogP contribution in [0, 0.1) is 5.41 Å². The Morgan fingerprint density at radius 1 is 1.22 bits per heavy atom. The van der Waals surface area contributed by atoms with E-state index in [1.165, 1.54) is 32.2 Å². The van der Waals surface area contributed by atoms with Crippen molar-refractivity contribution < 1.29 is 4.74 Å². The molecule has 0 aromatic rings. The average molecular weight is 320 g/mol. The summed E-state index contributed by atoms with van der Waals surface area (Å²) >= 11 is 3.78. The van der Waals surface area contributed by atoms with E-state index in [1.54, 1.807) is 0 Å². The first-order chi connectivity index (χ1) is 8.49. The highest BCUT2D eigenvalue weighted by molar-refractivity contribution is 9.09. The third-order valence-corrected chi connectivity index (χ3v) is 5.38. The van der Waals surface area contributed by atoms with Gasteiger partial charge in [0.05, 0.1) is 13.2 Å². The van der Waals surface area contributed by atoms with Crippen molar-refractivity contribution in [3.8, 4) is 0 Å². The predicted octanol–water partition coefficient (Wildman–Crippen LogP) is 4.08. The van der Waals surface area contributed by atoms with Crippen molar-refractivity contribution in [1.29, 1.82) is 0 Å². The maximum atomic E-state index is 5.63. The van der Waals surface area contributed by atoms with Gasteiger partial charge in [0.15, 0.2) is 0 Å². The van der Waals surface area contributed by atoms with Gasteiger partial charge in [0.2, 0.25) is 0 Å². The second kappa shape index (κ2) is 7.25. The Bertz CT molecular complexity index is 237. The van der Waals surface area contributed by atoms with Crippen LogP contribution < -0.4 is 0 Å². The minimum Gasteiger partial charge on any atom is -0.378 e. The molecule has 0 unspecified atom stereocenters. The molecule has 1 aliphatic rings. The minimum atomic E-state index is 0.188. The lowest BCUT2D eigenvalue weighted by molar-refractivity contribution is -0.0676. The van der Waals surface area contributed by atoms with E-state index in [9.17, 15) is 0 Å². The molecular formula is C15H30BrNO. The van der Waals surface area contributed by atoms with Crippen LogP contribution in [0.5, 0.6) is 0 Å². The van der Waals surface area contributed by atoms with E-state index >= 15 is 0 Å². The van der Waals surface area contributed by atoms with Crippen LogP contribution in [0.4, 0.5) is 0 Å². The van der Waals surface area contributed by atoms with Crippen LogP contribution in [-0.2, 0) is 4.74 Å². The van der Waals surface area contributed by atoms with Gasteiger partial charge in [-0.05, 0) is 32.1 Å². The van der Waals surface area contributed by atoms with E-state index in [-0.39, 0.29) is 5.54 Å². The molecule has 0 aliphatic carbocycles. The highest BCUT2D eigenvalue weighted by Gasteiger charge is 2.37. The van der Waals surface area contributed by atoms with Crippen molar-refractivity contribution in [2.75, 3.05) is 31.6 Å². The van der Waals surface area contributed by atoms with Crippen LogP contribution in [0.2, 0.25) is 0 Å². The van der Waals surface area contributed by atoms with Crippen LogP contribution in [-0.4, -0.2) is 42.1 Å². The summed E-state index contributed by atoms with van der Waals surface area (Å²) in [6.45, 7) is 13.3. The molecule has 1 rings (SSSR count). The maximum Gasteiger partial charge on any atom is 0.0645 e. The van der Waals surface area contributed by atoms with Gasteiger partial charge in [-0.2, -0.15) is 0 Å². The van der Waals surface area contributed by atoms with Crippen molar-refractivity contribution in [3.63, 3.8) is 0 Å². The largest absolute Gasteiger partial charge is 0.378 e. The Labute approximate surface area is 122 Å². The Hall–Kier alpha value is 0.400. The molecule has 1 heterocycles. The number of morpholine rings is 1. The highest BCUT2D eigenvalue weighted by atomic mass is 79.9. The molecule has 1 aliphatic heterocycles. The SMILES string of the molecule is CCCC(CBr)(CCC)CN1CCOCC1(C)C. The third-order valence-electron chi connectivity index (χ3n) is 4.19. The Balaban J connectivity index is 2.74. The monoisotopic (exact) mass is 319 g/mol. The molecule has 2 nitrogen and oxygen atoms in total. The van der Waals surface area contributed by atoms with Crippen molar-refractivity contribution in [3.05, 3.63) is 0 Å². The zero-order valence-electron chi connectivity index (χ0n) is 12.6. The van der Waals surface area contributed by atoms with E-state index in [2.05, 4.69) is 48.5 Å². The Morgan fingerprint density at radius 2 is 1.83 bits per heavy atom. The average Bonchev–Trinajstić information content (AvgIpc) is 2.32. The van der Waals surface area contributed by atoms with Gasteiger partial charge in [-0.15, -0.1) is 0 Å². The van der Waals surface area contributed by atoms with Gasteiger partial charge in [-0.1, -0.05) is 42.6 Å². The van der Waals surface area contributed by atoms with Crippen LogP contribution in [0.1, 0.15) is 53.4 Å². The van der Waals surface area contributed by atoms with Gasteiger partial charge in [0, 0.05) is 24.0 Å². The molecule has 0 radical (unpaired) electrons. The Kier molecular flexibility index (Phi) is 6.63. The lowest BCUT2D eigenvalue weighted by Gasteiger charge is -2.47. The van der Waals surface area contributed by atoms with E-state index in [1.807, 2.05) is 0 Å². The van der Waals surface area contributed by atoms with Gasteiger partial charge >= 0.3 is 0 Å². The van der Waals surface area contributed by atoms with Gasteiger partial charge in [-0.3, -0.25) is 4.90 Å². The molecule has 0 aromatic heterocycles. The predicted molar refractivity (Wildman–Crippen MR) is 82.5 cm³/mol. The first-order valence-corrected chi connectivity index (χ1v) is 8.50. The summed E-state index contributed by atoms with van der Waals surface area (Å²) in [5, 5.41) is 1.12. The van der Waals surface area contributed by atoms with Crippen molar-refractivity contribution in [1.82, 2.24) is 4.90 Å². The van der Waals surface area contributed by atoms with Crippen LogP contribution in [0.25, 0.3) is 0 Å². The molecule has 1 saturated heterocycles. The fourth-order valence-corrected chi connectivity index (χ4v) is 3.85. The molecule has 0 spiro atoms. The normalized spacial score (nSPS) is 21.2. The summed E-state index contributed by atoms with van der Waals surface area (Å²) in [5.41, 5.74) is 0.630. The second-order valence-corrected chi connectivity index (χ2v) is 6.98. The fraction of sp³-hybridized carbons (Fsp3) is 1.00. The van der Waals surface area contributed by atoms with Crippen molar-refractivity contribution >= 4 is 15.9 Å². The van der Waals surface area contributed by atoms with Gasteiger partial charge in [-0.25, -0.2) is 0 Å². The zero-order valence-corrected chi connectivity index (χ0v) is 14.2. The molecule has 0 atom stereocenters. The molecule has 0 bridgehead atoms. The fourth-order valence-electron chi connectivity index (χ4n) is 3.11. The molecule has 108 valence electrons. The molecule has 0 saturated carbocycles. The smallest absolute Gasteiger partial charge is 0.0645 e. The number of nitrogens with zero attached hydrogens (tertiary/aromatic N) is 1. The zero-order chi connectivity index (χ0) is 13.6. The van der Waals surface area contributed by atoms with Crippen LogP contribution in [0.3, 0.4) is 0 Å². The standard InChI is InChI=1S/C15H30BrNO/c1-5-7-15(11-16,8-6-2)12-17-9-10-18-13-14(17,3)4/h5-13H2,1-4H3. The number of ether oxygens (including phenoxy) is 1. The van der Waals surface area contributed by atoms with E-state index in [0.29, 0.717) is 5.41 Å². The lowest BCUT2D eigenvalue weighted by atomic mass is 9.79. The summed E-state index contributed by atoms with van der Waals surface area (Å²) in [5.74, 6) is 0. The van der Waals surface area contributed by atoms with Crippen LogP contribution >= 0.6 is 15.9 Å². The second-order valence-electron chi connectivity index (χ2n) is 6.42. The van der Waals surface area contributed by atoms with E-state index in [4.69, 9.17) is 4.74 Å². The maximum absolute atomic E-state index is 5.63. The van der Waals surface area contributed by atoms with Gasteiger partial charge in [0.25, 0.3) is 0 Å². The molecule has 1 fully saturated rings. The number of alkyl halides is 1.